The van der Waals surface area contributed by atoms with E-state index in [0.29, 0.717) is 11.1 Å². The van der Waals surface area contributed by atoms with Crippen LogP contribution < -0.4 is 0 Å². The van der Waals surface area contributed by atoms with Gasteiger partial charge in [0.25, 0.3) is 0 Å². The van der Waals surface area contributed by atoms with Crippen LogP contribution in [-0.4, -0.2) is 9.97 Å². The molecular weight excluding hydrogens is 301 g/mol. The average molecular weight is 309 g/mol. The maximum absolute atomic E-state index is 13.0. The van der Waals surface area contributed by atoms with Crippen molar-refractivity contribution in [3.8, 4) is 11.3 Å². The summed E-state index contributed by atoms with van der Waals surface area (Å²) < 4.78 is 39.1. The maximum atomic E-state index is 13.0. The first-order valence-electron chi connectivity index (χ1n) is 6.04. The molecule has 6 heteroatoms. The van der Waals surface area contributed by atoms with E-state index in [9.17, 15) is 13.2 Å². The lowest BCUT2D eigenvalue weighted by atomic mass is 10.0. The Bertz CT molecular complexity index is 815. The Kier molecular flexibility index (Phi) is 3.29. The predicted molar refractivity (Wildman–Crippen MR) is 75.0 cm³/mol. The largest absolute Gasteiger partial charge is 0.418 e. The van der Waals surface area contributed by atoms with Crippen molar-refractivity contribution in [1.29, 1.82) is 0 Å². The minimum absolute atomic E-state index is 0.117. The Morgan fingerprint density at radius 3 is 2.52 bits per heavy atom. The van der Waals surface area contributed by atoms with Crippen LogP contribution in [0, 0.1) is 0 Å². The first kappa shape index (κ1) is 13.8. The summed E-state index contributed by atoms with van der Waals surface area (Å²) in [5.41, 5.74) is -0.0102. The van der Waals surface area contributed by atoms with E-state index in [2.05, 4.69) is 9.97 Å². The monoisotopic (exact) mass is 308 g/mol. The van der Waals surface area contributed by atoms with Gasteiger partial charge in [-0.05, 0) is 30.3 Å². The van der Waals surface area contributed by atoms with Crippen molar-refractivity contribution >= 4 is 22.5 Å². The molecule has 0 amide bonds. The van der Waals surface area contributed by atoms with Crippen LogP contribution in [0.3, 0.4) is 0 Å². The molecule has 1 aromatic carbocycles. The highest BCUT2D eigenvalue weighted by atomic mass is 35.5. The summed E-state index contributed by atoms with van der Waals surface area (Å²) in [5.74, 6) is 0. The molecule has 21 heavy (non-hydrogen) atoms. The van der Waals surface area contributed by atoms with Crippen molar-refractivity contribution < 1.29 is 13.2 Å². The van der Waals surface area contributed by atoms with Crippen LogP contribution in [0.15, 0.2) is 48.7 Å². The Hall–Kier alpha value is -2.14. The van der Waals surface area contributed by atoms with Gasteiger partial charge in [-0.15, -0.1) is 0 Å². The topological polar surface area (TPSA) is 25.8 Å². The maximum Gasteiger partial charge on any atom is 0.418 e. The Labute approximate surface area is 123 Å². The molecule has 0 fully saturated rings. The molecule has 0 aliphatic heterocycles. The second-order valence-electron chi connectivity index (χ2n) is 4.44. The van der Waals surface area contributed by atoms with Crippen molar-refractivity contribution in [1.82, 2.24) is 9.97 Å². The molecule has 0 saturated heterocycles. The fourth-order valence-corrected chi connectivity index (χ4v) is 2.26. The number of rotatable bonds is 1. The van der Waals surface area contributed by atoms with Crippen LogP contribution in [0.1, 0.15) is 5.56 Å². The van der Waals surface area contributed by atoms with E-state index in [-0.39, 0.29) is 10.8 Å². The van der Waals surface area contributed by atoms with Gasteiger partial charge in [0, 0.05) is 17.1 Å². The van der Waals surface area contributed by atoms with Crippen LogP contribution in [-0.2, 0) is 6.18 Å². The number of aromatic nitrogens is 2. The fourth-order valence-electron chi connectivity index (χ4n) is 2.10. The second-order valence-corrected chi connectivity index (χ2v) is 4.83. The molecule has 0 bridgehead atoms. The zero-order valence-electron chi connectivity index (χ0n) is 10.5. The van der Waals surface area contributed by atoms with Gasteiger partial charge in [-0.3, -0.25) is 4.98 Å². The molecule has 106 valence electrons. The number of pyridine rings is 2. The van der Waals surface area contributed by atoms with Crippen molar-refractivity contribution in [3.05, 3.63) is 59.4 Å². The van der Waals surface area contributed by atoms with E-state index >= 15 is 0 Å². The predicted octanol–water partition coefficient (Wildman–Crippen LogP) is 4.97. The normalized spacial score (nSPS) is 11.8. The molecule has 0 unspecified atom stereocenters. The van der Waals surface area contributed by atoms with Gasteiger partial charge in [-0.25, -0.2) is 4.98 Å². The smallest absolute Gasteiger partial charge is 0.256 e. The van der Waals surface area contributed by atoms with E-state index in [1.807, 2.05) is 0 Å². The van der Waals surface area contributed by atoms with Crippen molar-refractivity contribution in [2.24, 2.45) is 0 Å². The third-order valence-electron chi connectivity index (χ3n) is 3.04. The molecular formula is C15H8ClF3N2. The summed E-state index contributed by atoms with van der Waals surface area (Å²) in [6.45, 7) is 0. The highest BCUT2D eigenvalue weighted by molar-refractivity contribution is 6.29. The van der Waals surface area contributed by atoms with Gasteiger partial charge >= 0.3 is 6.18 Å². The molecule has 0 radical (unpaired) electrons. The zero-order chi connectivity index (χ0) is 15.0. The van der Waals surface area contributed by atoms with Gasteiger partial charge in [-0.2, -0.15) is 13.2 Å². The third-order valence-corrected chi connectivity index (χ3v) is 3.26. The first-order chi connectivity index (χ1) is 9.95. The van der Waals surface area contributed by atoms with Gasteiger partial charge in [0.1, 0.15) is 5.15 Å². The van der Waals surface area contributed by atoms with Crippen LogP contribution in [0.2, 0.25) is 5.15 Å². The lowest BCUT2D eigenvalue weighted by Gasteiger charge is -2.12. The molecule has 3 aromatic rings. The molecule has 2 nitrogen and oxygen atoms in total. The van der Waals surface area contributed by atoms with E-state index in [0.717, 1.165) is 11.5 Å². The van der Waals surface area contributed by atoms with Gasteiger partial charge in [-0.1, -0.05) is 23.7 Å². The summed E-state index contributed by atoms with van der Waals surface area (Å²) >= 11 is 5.81. The molecule has 0 saturated carbocycles. The van der Waals surface area contributed by atoms with Gasteiger partial charge < -0.3 is 0 Å². The van der Waals surface area contributed by atoms with Gasteiger partial charge in [0.05, 0.1) is 16.8 Å². The van der Waals surface area contributed by atoms with E-state index in [1.165, 1.54) is 12.3 Å². The Morgan fingerprint density at radius 2 is 1.76 bits per heavy atom. The minimum atomic E-state index is -4.46. The Balaban J connectivity index is 2.21. The van der Waals surface area contributed by atoms with Crippen molar-refractivity contribution in [3.63, 3.8) is 0 Å². The van der Waals surface area contributed by atoms with E-state index < -0.39 is 11.7 Å². The fraction of sp³-hybridized carbons (Fsp3) is 0.0667. The SMILES string of the molecule is FC(F)(F)c1cccnc1-c1ccc2ccc(Cl)nc2c1. The third kappa shape index (κ3) is 2.69. The zero-order valence-corrected chi connectivity index (χ0v) is 11.3. The molecule has 2 heterocycles. The van der Waals surface area contributed by atoms with Crippen LogP contribution in [0.4, 0.5) is 13.2 Å². The average Bonchev–Trinajstić information content (AvgIpc) is 2.45. The standard InChI is InChI=1S/C15H8ClF3N2/c16-13-6-5-9-3-4-10(8-12(9)21-13)14-11(15(17,18)19)2-1-7-20-14/h1-8H. The minimum Gasteiger partial charge on any atom is -0.256 e. The summed E-state index contributed by atoms with van der Waals surface area (Å²) in [7, 11) is 0. The van der Waals surface area contributed by atoms with Gasteiger partial charge in [0.2, 0.25) is 0 Å². The number of hydrogen-bond acceptors (Lipinski definition) is 2. The number of hydrogen-bond donors (Lipinski definition) is 0. The molecule has 2 aromatic heterocycles. The van der Waals surface area contributed by atoms with E-state index in [4.69, 9.17) is 11.6 Å². The quantitative estimate of drug-likeness (QED) is 0.593. The number of alkyl halides is 3. The summed E-state index contributed by atoms with van der Waals surface area (Å²) in [5, 5.41) is 1.09. The number of nitrogens with zero attached hydrogens (tertiary/aromatic N) is 2. The molecule has 0 atom stereocenters. The number of benzene rings is 1. The second kappa shape index (κ2) is 5.00. The van der Waals surface area contributed by atoms with Gasteiger partial charge in [0.15, 0.2) is 0 Å². The highest BCUT2D eigenvalue weighted by Crippen LogP contribution is 2.36. The van der Waals surface area contributed by atoms with Crippen molar-refractivity contribution in [2.45, 2.75) is 6.18 Å². The highest BCUT2D eigenvalue weighted by Gasteiger charge is 2.34. The molecule has 0 aliphatic rings. The van der Waals surface area contributed by atoms with Crippen molar-refractivity contribution in [2.75, 3.05) is 0 Å². The number of halogens is 4. The summed E-state index contributed by atoms with van der Waals surface area (Å²) in [6, 6.07) is 10.5. The molecule has 3 rings (SSSR count). The number of fused-ring (bicyclic) bond motifs is 1. The molecule has 0 spiro atoms. The Morgan fingerprint density at radius 1 is 1.00 bits per heavy atom. The van der Waals surface area contributed by atoms with Crippen LogP contribution in [0.5, 0.6) is 0 Å². The molecule has 0 N–H and O–H groups in total. The van der Waals surface area contributed by atoms with Crippen LogP contribution >= 0.6 is 11.6 Å². The lowest BCUT2D eigenvalue weighted by Crippen LogP contribution is -2.08. The van der Waals surface area contributed by atoms with E-state index in [1.54, 1.807) is 30.3 Å². The summed E-state index contributed by atoms with van der Waals surface area (Å²) in [4.78, 5) is 7.97. The van der Waals surface area contributed by atoms with Crippen LogP contribution in [0.25, 0.3) is 22.2 Å². The molecule has 0 aliphatic carbocycles. The summed E-state index contributed by atoms with van der Waals surface area (Å²) in [6.07, 6.45) is -3.12. The first-order valence-corrected chi connectivity index (χ1v) is 6.42. The lowest BCUT2D eigenvalue weighted by molar-refractivity contribution is -0.137.